The third kappa shape index (κ3) is 1.80. The molecule has 0 spiro atoms. The van der Waals surface area contributed by atoms with Gasteiger partial charge in [0.1, 0.15) is 0 Å². The van der Waals surface area contributed by atoms with Gasteiger partial charge >= 0.3 is 0 Å². The van der Waals surface area contributed by atoms with Gasteiger partial charge in [-0.25, -0.2) is 0 Å². The minimum Gasteiger partial charge on any atom is -0.330 e. The topological polar surface area (TPSA) is 38.0 Å². The summed E-state index contributed by atoms with van der Waals surface area (Å²) < 4.78 is 0. The first-order valence-corrected chi connectivity index (χ1v) is 5.16. The highest BCUT2D eigenvalue weighted by Gasteiger charge is 2.41. The standard InChI is InChI=1S/C10H20N2/c1-8-4-9(8)5-12-7-10(6-11)2-3-10/h8-9,12H,2-7,11H2,1H3. The fraction of sp³-hybridized carbons (Fsp3) is 1.00. The second-order valence-corrected chi connectivity index (χ2v) is 4.81. The van der Waals surface area contributed by atoms with Crippen LogP contribution in [-0.4, -0.2) is 19.6 Å². The first-order valence-electron chi connectivity index (χ1n) is 5.16. The smallest absolute Gasteiger partial charge is 0.00200 e. The van der Waals surface area contributed by atoms with E-state index in [1.165, 1.54) is 25.8 Å². The molecule has 3 N–H and O–H groups in total. The molecular weight excluding hydrogens is 148 g/mol. The molecule has 2 nitrogen and oxygen atoms in total. The van der Waals surface area contributed by atoms with Gasteiger partial charge in [-0.05, 0) is 49.6 Å². The van der Waals surface area contributed by atoms with Gasteiger partial charge in [0.15, 0.2) is 0 Å². The Labute approximate surface area is 74.9 Å². The van der Waals surface area contributed by atoms with Crippen molar-refractivity contribution in [3.05, 3.63) is 0 Å². The Morgan fingerprint density at radius 1 is 1.50 bits per heavy atom. The van der Waals surface area contributed by atoms with Crippen LogP contribution in [0.1, 0.15) is 26.2 Å². The summed E-state index contributed by atoms with van der Waals surface area (Å²) in [5.74, 6) is 1.95. The van der Waals surface area contributed by atoms with Crippen molar-refractivity contribution in [3.8, 4) is 0 Å². The highest BCUT2D eigenvalue weighted by Crippen LogP contribution is 2.44. The predicted molar refractivity (Wildman–Crippen MR) is 50.9 cm³/mol. The van der Waals surface area contributed by atoms with E-state index in [1.54, 1.807) is 0 Å². The molecule has 2 unspecified atom stereocenters. The summed E-state index contributed by atoms with van der Waals surface area (Å²) in [6.45, 7) is 5.60. The highest BCUT2D eigenvalue weighted by atomic mass is 14.9. The molecule has 0 aromatic carbocycles. The van der Waals surface area contributed by atoms with Crippen molar-refractivity contribution in [2.75, 3.05) is 19.6 Å². The molecule has 0 aromatic rings. The largest absolute Gasteiger partial charge is 0.330 e. The molecule has 70 valence electrons. The molecule has 2 atom stereocenters. The van der Waals surface area contributed by atoms with Gasteiger partial charge < -0.3 is 11.1 Å². The van der Waals surface area contributed by atoms with Gasteiger partial charge in [-0.3, -0.25) is 0 Å². The maximum absolute atomic E-state index is 5.69. The molecule has 2 rings (SSSR count). The maximum atomic E-state index is 5.69. The van der Waals surface area contributed by atoms with Gasteiger partial charge in [0.25, 0.3) is 0 Å². The zero-order valence-electron chi connectivity index (χ0n) is 7.97. The van der Waals surface area contributed by atoms with Crippen molar-refractivity contribution in [3.63, 3.8) is 0 Å². The lowest BCUT2D eigenvalue weighted by Crippen LogP contribution is -2.31. The monoisotopic (exact) mass is 168 g/mol. The van der Waals surface area contributed by atoms with Gasteiger partial charge in [-0.15, -0.1) is 0 Å². The summed E-state index contributed by atoms with van der Waals surface area (Å²) in [6, 6.07) is 0. The summed E-state index contributed by atoms with van der Waals surface area (Å²) in [4.78, 5) is 0. The second-order valence-electron chi connectivity index (χ2n) is 4.81. The van der Waals surface area contributed by atoms with E-state index in [9.17, 15) is 0 Å². The molecule has 0 amide bonds. The number of hydrogen-bond acceptors (Lipinski definition) is 2. The van der Waals surface area contributed by atoms with Gasteiger partial charge in [-0.2, -0.15) is 0 Å². The lowest BCUT2D eigenvalue weighted by molar-refractivity contribution is 0.457. The summed E-state index contributed by atoms with van der Waals surface area (Å²) in [5.41, 5.74) is 6.20. The van der Waals surface area contributed by atoms with Crippen molar-refractivity contribution < 1.29 is 0 Å². The molecule has 2 aliphatic carbocycles. The van der Waals surface area contributed by atoms with Gasteiger partial charge in [0, 0.05) is 6.54 Å². The molecule has 2 aliphatic rings. The first kappa shape index (κ1) is 8.52. The fourth-order valence-electron chi connectivity index (χ4n) is 1.84. The normalized spacial score (nSPS) is 36.5. The number of nitrogens with one attached hydrogen (secondary N) is 1. The van der Waals surface area contributed by atoms with Crippen molar-refractivity contribution in [1.82, 2.24) is 5.32 Å². The molecule has 0 saturated heterocycles. The molecule has 12 heavy (non-hydrogen) atoms. The quantitative estimate of drug-likeness (QED) is 0.642. The van der Waals surface area contributed by atoms with Crippen LogP contribution in [-0.2, 0) is 0 Å². The van der Waals surface area contributed by atoms with Crippen LogP contribution in [0.3, 0.4) is 0 Å². The predicted octanol–water partition coefficient (Wildman–Crippen LogP) is 0.971. The van der Waals surface area contributed by atoms with Crippen LogP contribution < -0.4 is 11.1 Å². The Balaban J connectivity index is 1.57. The van der Waals surface area contributed by atoms with E-state index in [0.717, 1.165) is 24.9 Å². The Morgan fingerprint density at radius 2 is 2.17 bits per heavy atom. The summed E-state index contributed by atoms with van der Waals surface area (Å²) in [5, 5.41) is 3.55. The molecule has 0 heterocycles. The van der Waals surface area contributed by atoms with E-state index < -0.39 is 0 Å². The maximum Gasteiger partial charge on any atom is 0.00200 e. The fourth-order valence-corrected chi connectivity index (χ4v) is 1.84. The number of rotatable bonds is 5. The van der Waals surface area contributed by atoms with Gasteiger partial charge in [0.2, 0.25) is 0 Å². The average Bonchev–Trinajstić information content (AvgIpc) is 2.93. The van der Waals surface area contributed by atoms with Crippen molar-refractivity contribution in [2.45, 2.75) is 26.2 Å². The molecule has 0 aliphatic heterocycles. The third-order valence-electron chi connectivity index (χ3n) is 3.57. The van der Waals surface area contributed by atoms with Crippen LogP contribution in [0.2, 0.25) is 0 Å². The third-order valence-corrected chi connectivity index (χ3v) is 3.57. The van der Waals surface area contributed by atoms with Crippen molar-refractivity contribution >= 4 is 0 Å². The Hall–Kier alpha value is -0.0800. The summed E-state index contributed by atoms with van der Waals surface area (Å²) >= 11 is 0. The zero-order chi connectivity index (χ0) is 8.60. The Morgan fingerprint density at radius 3 is 2.58 bits per heavy atom. The number of nitrogens with two attached hydrogens (primary N) is 1. The van der Waals surface area contributed by atoms with Crippen LogP contribution in [0.15, 0.2) is 0 Å². The van der Waals surface area contributed by atoms with Crippen LogP contribution in [0, 0.1) is 17.3 Å². The van der Waals surface area contributed by atoms with E-state index in [-0.39, 0.29) is 0 Å². The minimum absolute atomic E-state index is 0.512. The molecule has 0 bridgehead atoms. The molecular formula is C10H20N2. The van der Waals surface area contributed by atoms with Crippen LogP contribution in [0.25, 0.3) is 0 Å². The van der Waals surface area contributed by atoms with E-state index >= 15 is 0 Å². The van der Waals surface area contributed by atoms with E-state index in [0.29, 0.717) is 5.41 Å². The molecule has 2 heteroatoms. The number of hydrogen-bond donors (Lipinski definition) is 2. The zero-order valence-corrected chi connectivity index (χ0v) is 7.97. The van der Waals surface area contributed by atoms with Gasteiger partial charge in [0.05, 0.1) is 0 Å². The highest BCUT2D eigenvalue weighted by molar-refractivity contribution is 4.96. The van der Waals surface area contributed by atoms with Crippen molar-refractivity contribution in [1.29, 1.82) is 0 Å². The first-order chi connectivity index (χ1) is 5.76. The summed E-state index contributed by atoms with van der Waals surface area (Å²) in [6.07, 6.45) is 4.12. The molecule has 2 saturated carbocycles. The van der Waals surface area contributed by atoms with E-state index in [4.69, 9.17) is 5.73 Å². The average molecular weight is 168 g/mol. The Kier molecular flexibility index (Phi) is 2.13. The van der Waals surface area contributed by atoms with E-state index in [2.05, 4.69) is 12.2 Å². The molecule has 0 radical (unpaired) electrons. The van der Waals surface area contributed by atoms with Crippen LogP contribution >= 0.6 is 0 Å². The van der Waals surface area contributed by atoms with Crippen LogP contribution in [0.4, 0.5) is 0 Å². The van der Waals surface area contributed by atoms with Gasteiger partial charge in [-0.1, -0.05) is 6.92 Å². The van der Waals surface area contributed by atoms with Crippen LogP contribution in [0.5, 0.6) is 0 Å². The molecule has 0 aromatic heterocycles. The lowest BCUT2D eigenvalue weighted by atomic mass is 10.1. The minimum atomic E-state index is 0.512. The molecule has 2 fully saturated rings. The summed E-state index contributed by atoms with van der Waals surface area (Å²) in [7, 11) is 0. The Bertz CT molecular complexity index is 163. The SMILES string of the molecule is CC1CC1CNCC1(CN)CC1. The second kappa shape index (κ2) is 3.00. The van der Waals surface area contributed by atoms with E-state index in [1.807, 2.05) is 0 Å². The van der Waals surface area contributed by atoms with Crippen molar-refractivity contribution in [2.24, 2.45) is 23.0 Å². The lowest BCUT2D eigenvalue weighted by Gasteiger charge is -2.12.